The molecule has 0 radical (unpaired) electrons. The number of aliphatic hydroxyl groups excluding tert-OH is 9. The Labute approximate surface area is 144 Å². The average molecular weight is 333 g/mol. The molecule has 11 heteroatoms. The molecule has 0 aromatic heterocycles. The van der Waals surface area contributed by atoms with Crippen LogP contribution in [0.1, 0.15) is 0 Å². The van der Waals surface area contributed by atoms with Crippen LogP contribution in [0.4, 0.5) is 0 Å². The molecule has 0 spiro atoms. The number of hydrogen-bond acceptors (Lipinski definition) is 9. The number of aliphatic hydroxyl groups is 9. The topological polar surface area (TPSA) is 182 Å². The Bertz CT molecular complexity index is 173. The summed E-state index contributed by atoms with van der Waals surface area (Å²) in [6.45, 7) is -2.33. The van der Waals surface area contributed by atoms with E-state index in [1.165, 1.54) is 0 Å². The second kappa shape index (κ2) is 18.0. The molecule has 0 bridgehead atoms. The van der Waals surface area contributed by atoms with Crippen LogP contribution >= 0.6 is 0 Å². The monoisotopic (exact) mass is 332 g/mol. The minimum atomic E-state index is -1.49. The van der Waals surface area contributed by atoms with E-state index >= 15 is 0 Å². The molecular weight excluding hydrogens is 311 g/mol. The standard InChI is InChI=1S/C5H12O5.C4H10O4.ClH.Na/c6-1-3(8)5(10)4(9)2-7;5-1-3(7)4(8)2-6;;/h3-10H,1-2H2;3-8H,1-2H2;1H;/q;;;+1/p-1. The summed E-state index contributed by atoms with van der Waals surface area (Å²) in [6, 6.07) is 0. The van der Waals surface area contributed by atoms with Crippen molar-refractivity contribution < 1.29 is 87.9 Å². The van der Waals surface area contributed by atoms with E-state index in [0.717, 1.165) is 0 Å². The summed E-state index contributed by atoms with van der Waals surface area (Å²) in [5.41, 5.74) is 0. The van der Waals surface area contributed by atoms with Gasteiger partial charge in [0.2, 0.25) is 0 Å². The number of rotatable bonds is 7. The van der Waals surface area contributed by atoms with Crippen LogP contribution < -0.4 is 42.0 Å². The van der Waals surface area contributed by atoms with Gasteiger partial charge in [0.25, 0.3) is 0 Å². The van der Waals surface area contributed by atoms with Crippen LogP contribution in [0, 0.1) is 0 Å². The molecule has 0 aromatic rings. The van der Waals surface area contributed by atoms with E-state index in [-0.39, 0.29) is 42.0 Å². The van der Waals surface area contributed by atoms with Gasteiger partial charge < -0.3 is 58.4 Å². The Morgan fingerprint density at radius 1 is 0.500 bits per heavy atom. The SMILES string of the molecule is OCC(O)C(O)C(O)CO.OCC(O)C(O)CO.[Cl-].[Na+]. The van der Waals surface area contributed by atoms with E-state index in [9.17, 15) is 0 Å². The third-order valence-electron chi connectivity index (χ3n) is 1.98. The van der Waals surface area contributed by atoms with E-state index in [1.807, 2.05) is 0 Å². The van der Waals surface area contributed by atoms with Gasteiger partial charge in [-0.2, -0.15) is 0 Å². The van der Waals surface area contributed by atoms with Gasteiger partial charge in [-0.1, -0.05) is 0 Å². The van der Waals surface area contributed by atoms with E-state index in [2.05, 4.69) is 0 Å². The maximum absolute atomic E-state index is 8.77. The summed E-state index contributed by atoms with van der Waals surface area (Å²) < 4.78 is 0. The van der Waals surface area contributed by atoms with Crippen molar-refractivity contribution in [2.24, 2.45) is 0 Å². The van der Waals surface area contributed by atoms with Gasteiger partial charge in [0.15, 0.2) is 0 Å². The van der Waals surface area contributed by atoms with Crippen molar-refractivity contribution in [3.63, 3.8) is 0 Å². The maximum atomic E-state index is 8.77. The van der Waals surface area contributed by atoms with Crippen LogP contribution in [0.15, 0.2) is 0 Å². The zero-order chi connectivity index (χ0) is 14.7. The predicted octanol–water partition coefficient (Wildman–Crippen LogP) is -11.2. The van der Waals surface area contributed by atoms with Crippen molar-refractivity contribution in [2.75, 3.05) is 26.4 Å². The molecule has 9 nitrogen and oxygen atoms in total. The van der Waals surface area contributed by atoms with Crippen molar-refractivity contribution in [2.45, 2.75) is 30.5 Å². The van der Waals surface area contributed by atoms with E-state index < -0.39 is 56.9 Å². The molecule has 0 heterocycles. The summed E-state index contributed by atoms with van der Waals surface area (Å²) in [7, 11) is 0. The first-order valence-electron chi connectivity index (χ1n) is 5.19. The Hall–Kier alpha value is 0.930. The molecule has 4 atom stereocenters. The molecule has 0 aliphatic heterocycles. The Balaban J connectivity index is -0.000000119. The van der Waals surface area contributed by atoms with Gasteiger partial charge in [0.05, 0.1) is 26.4 Å². The van der Waals surface area contributed by atoms with Gasteiger partial charge >= 0.3 is 29.6 Å². The molecule has 0 saturated heterocycles. The quantitative estimate of drug-likeness (QED) is 0.204. The molecule has 9 N–H and O–H groups in total. The van der Waals surface area contributed by atoms with Crippen molar-refractivity contribution in [1.82, 2.24) is 0 Å². The molecule has 0 saturated carbocycles. The minimum Gasteiger partial charge on any atom is -1.00 e. The molecule has 0 rings (SSSR count). The van der Waals surface area contributed by atoms with E-state index in [4.69, 9.17) is 46.0 Å². The van der Waals surface area contributed by atoms with Gasteiger partial charge in [0, 0.05) is 0 Å². The maximum Gasteiger partial charge on any atom is 1.00 e. The predicted molar refractivity (Wildman–Crippen MR) is 58.4 cm³/mol. The first-order chi connectivity index (χ1) is 8.35. The Morgan fingerprint density at radius 2 is 0.700 bits per heavy atom. The molecular formula is C9H22ClNaO9. The Morgan fingerprint density at radius 3 is 0.850 bits per heavy atom. The van der Waals surface area contributed by atoms with Gasteiger partial charge in [-0.3, -0.25) is 0 Å². The fourth-order valence-electron chi connectivity index (χ4n) is 0.716. The summed E-state index contributed by atoms with van der Waals surface area (Å²) >= 11 is 0. The van der Waals surface area contributed by atoms with Crippen LogP contribution in [0.2, 0.25) is 0 Å². The average Bonchev–Trinajstić information content (AvgIpc) is 2.43. The van der Waals surface area contributed by atoms with E-state index in [0.29, 0.717) is 0 Å². The zero-order valence-electron chi connectivity index (χ0n) is 11.1. The van der Waals surface area contributed by atoms with Crippen LogP contribution in [0.5, 0.6) is 0 Å². The van der Waals surface area contributed by atoms with Crippen molar-refractivity contribution >= 4 is 0 Å². The van der Waals surface area contributed by atoms with Crippen LogP contribution in [-0.4, -0.2) is 103 Å². The van der Waals surface area contributed by atoms with Crippen molar-refractivity contribution in [1.29, 1.82) is 0 Å². The summed E-state index contributed by atoms with van der Waals surface area (Å²) in [6.07, 6.45) is -6.74. The molecule has 120 valence electrons. The normalized spacial score (nSPS) is 17.2. The minimum absolute atomic E-state index is 0. The molecule has 20 heavy (non-hydrogen) atoms. The van der Waals surface area contributed by atoms with Crippen molar-refractivity contribution in [3.05, 3.63) is 0 Å². The summed E-state index contributed by atoms with van der Waals surface area (Å²) in [5.74, 6) is 0. The fourth-order valence-corrected chi connectivity index (χ4v) is 0.716. The fraction of sp³-hybridized carbons (Fsp3) is 1.00. The van der Waals surface area contributed by atoms with Crippen LogP contribution in [0.25, 0.3) is 0 Å². The zero-order valence-corrected chi connectivity index (χ0v) is 13.9. The second-order valence-electron chi connectivity index (χ2n) is 3.49. The first-order valence-corrected chi connectivity index (χ1v) is 5.19. The third-order valence-corrected chi connectivity index (χ3v) is 1.98. The van der Waals surface area contributed by atoms with E-state index in [1.54, 1.807) is 0 Å². The van der Waals surface area contributed by atoms with Gasteiger partial charge in [0.1, 0.15) is 30.5 Å². The largest absolute Gasteiger partial charge is 1.00 e. The van der Waals surface area contributed by atoms with Gasteiger partial charge in [-0.15, -0.1) is 0 Å². The molecule has 0 aliphatic carbocycles. The van der Waals surface area contributed by atoms with Gasteiger partial charge in [-0.25, -0.2) is 0 Å². The number of halogens is 1. The van der Waals surface area contributed by atoms with Crippen molar-refractivity contribution in [3.8, 4) is 0 Å². The molecule has 0 fully saturated rings. The molecule has 4 unspecified atom stereocenters. The molecule has 0 aliphatic rings. The van der Waals surface area contributed by atoms with Crippen LogP contribution in [-0.2, 0) is 0 Å². The second-order valence-corrected chi connectivity index (χ2v) is 3.49. The smallest absolute Gasteiger partial charge is 1.00 e. The summed E-state index contributed by atoms with van der Waals surface area (Å²) in [4.78, 5) is 0. The summed E-state index contributed by atoms with van der Waals surface area (Å²) in [5, 5.41) is 75.7. The van der Waals surface area contributed by atoms with Gasteiger partial charge in [-0.05, 0) is 0 Å². The molecule has 0 amide bonds. The number of hydrogen-bond donors (Lipinski definition) is 9. The third kappa shape index (κ3) is 13.9. The first kappa shape index (κ1) is 29.0. The Kier molecular flexibility index (Phi) is 26.1. The van der Waals surface area contributed by atoms with Crippen LogP contribution in [0.3, 0.4) is 0 Å². The molecule has 0 aromatic carbocycles.